The van der Waals surface area contributed by atoms with Crippen molar-refractivity contribution in [1.29, 1.82) is 0 Å². The molecule has 11 nitrogen and oxygen atoms in total. The maximum Gasteiger partial charge on any atom is 0.262 e. The van der Waals surface area contributed by atoms with Gasteiger partial charge in [-0.05, 0) is 0 Å². The number of aromatic nitrogens is 5. The number of rotatable bonds is 6. The average molecular weight is 256 g/mol. The van der Waals surface area contributed by atoms with Crippen LogP contribution in [0.2, 0.25) is 0 Å². The highest BCUT2D eigenvalue weighted by molar-refractivity contribution is 5.51. The normalized spacial score (nSPS) is 10.6. The van der Waals surface area contributed by atoms with E-state index < -0.39 is 0 Å². The van der Waals surface area contributed by atoms with E-state index in [9.17, 15) is 0 Å². The van der Waals surface area contributed by atoms with Gasteiger partial charge in [0, 0.05) is 0 Å². The first-order valence-electron chi connectivity index (χ1n) is 4.97. The molecule has 0 saturated carbocycles. The number of aliphatic hydroxyl groups excluding tert-OH is 3. The van der Waals surface area contributed by atoms with Crippen LogP contribution in [0.25, 0.3) is 5.78 Å². The third kappa shape index (κ3) is 2.22. The van der Waals surface area contributed by atoms with Crippen LogP contribution >= 0.6 is 0 Å². The zero-order chi connectivity index (χ0) is 13.0. The second kappa shape index (κ2) is 5.39. The molecule has 6 N–H and O–H groups in total. The van der Waals surface area contributed by atoms with Crippen molar-refractivity contribution in [1.82, 2.24) is 24.6 Å². The molecule has 2 aromatic heterocycles. The Morgan fingerprint density at radius 2 is 1.50 bits per heavy atom. The summed E-state index contributed by atoms with van der Waals surface area (Å²) < 4.78 is 1.37. The number of nitrogens with one attached hydrogen (secondary N) is 3. The van der Waals surface area contributed by atoms with E-state index >= 15 is 0 Å². The molecule has 0 saturated heterocycles. The Balaban J connectivity index is 2.52. The molecule has 0 bridgehead atoms. The number of hydrogen-bond donors (Lipinski definition) is 6. The maximum atomic E-state index is 8.89. The third-order valence-corrected chi connectivity index (χ3v) is 1.99. The molecule has 2 rings (SSSR count). The Morgan fingerprint density at radius 1 is 0.833 bits per heavy atom. The standard InChI is InChI=1S/C7H12N8O3/c16-1-8-4-11-5(9-2-17)15-6(10-3-18)13-14-7(15)12-4/h16-18H,1-3H2,(H,10,13)(H2,8,9,11,12,14). The van der Waals surface area contributed by atoms with Crippen LogP contribution in [0.3, 0.4) is 0 Å². The lowest BCUT2D eigenvalue weighted by molar-refractivity contribution is 0.322. The molecule has 0 radical (unpaired) electrons. The minimum atomic E-state index is -0.360. The van der Waals surface area contributed by atoms with Crippen molar-refractivity contribution in [2.75, 3.05) is 36.1 Å². The molecular formula is C7H12N8O3. The van der Waals surface area contributed by atoms with Crippen LogP contribution in [0.5, 0.6) is 0 Å². The molecule has 2 heterocycles. The van der Waals surface area contributed by atoms with E-state index in [4.69, 9.17) is 15.3 Å². The predicted molar refractivity (Wildman–Crippen MR) is 60.7 cm³/mol. The molecule has 2 aromatic rings. The second-order valence-electron chi connectivity index (χ2n) is 3.03. The van der Waals surface area contributed by atoms with Crippen molar-refractivity contribution in [2.24, 2.45) is 0 Å². The largest absolute Gasteiger partial charge is 0.376 e. The zero-order valence-corrected chi connectivity index (χ0v) is 9.20. The van der Waals surface area contributed by atoms with Gasteiger partial charge in [0.1, 0.15) is 20.2 Å². The van der Waals surface area contributed by atoms with Crippen LogP contribution < -0.4 is 16.0 Å². The van der Waals surface area contributed by atoms with Crippen molar-refractivity contribution in [3.8, 4) is 0 Å². The van der Waals surface area contributed by atoms with Crippen LogP contribution in [0.1, 0.15) is 0 Å². The summed E-state index contributed by atoms with van der Waals surface area (Å²) in [6.45, 7) is -1.04. The van der Waals surface area contributed by atoms with Gasteiger partial charge < -0.3 is 31.3 Å². The Kier molecular flexibility index (Phi) is 3.66. The molecule has 0 aliphatic carbocycles. The molecule has 0 aliphatic heterocycles. The van der Waals surface area contributed by atoms with Crippen LogP contribution in [0.15, 0.2) is 0 Å². The van der Waals surface area contributed by atoms with Crippen LogP contribution in [-0.2, 0) is 0 Å². The molecule has 0 spiro atoms. The number of fused-ring (bicyclic) bond motifs is 1. The summed E-state index contributed by atoms with van der Waals surface area (Å²) in [6.07, 6.45) is 0. The summed E-state index contributed by atoms with van der Waals surface area (Å²) in [5, 5.41) is 41.6. The lowest BCUT2D eigenvalue weighted by Gasteiger charge is -2.09. The van der Waals surface area contributed by atoms with Crippen molar-refractivity contribution in [3.63, 3.8) is 0 Å². The van der Waals surface area contributed by atoms with Crippen molar-refractivity contribution >= 4 is 23.6 Å². The van der Waals surface area contributed by atoms with E-state index in [2.05, 4.69) is 36.1 Å². The highest BCUT2D eigenvalue weighted by Crippen LogP contribution is 2.15. The molecule has 98 valence electrons. The number of anilines is 3. The molecule has 18 heavy (non-hydrogen) atoms. The lowest BCUT2D eigenvalue weighted by Crippen LogP contribution is -2.14. The number of hydrogen-bond acceptors (Lipinski definition) is 10. The molecule has 0 fully saturated rings. The van der Waals surface area contributed by atoms with Gasteiger partial charge in [0.2, 0.25) is 17.8 Å². The highest BCUT2D eigenvalue weighted by Gasteiger charge is 2.13. The van der Waals surface area contributed by atoms with E-state index in [0.717, 1.165) is 0 Å². The van der Waals surface area contributed by atoms with Gasteiger partial charge in [0.05, 0.1) is 0 Å². The summed E-state index contributed by atoms with van der Waals surface area (Å²) in [6, 6.07) is 0. The zero-order valence-electron chi connectivity index (χ0n) is 9.20. The van der Waals surface area contributed by atoms with E-state index in [1.807, 2.05) is 0 Å². The molecule has 0 aliphatic rings. The van der Waals surface area contributed by atoms with Crippen LogP contribution in [-0.4, -0.2) is 60.1 Å². The topological polar surface area (TPSA) is 153 Å². The first-order chi connectivity index (χ1) is 8.80. The Bertz CT molecular complexity index is 529. The van der Waals surface area contributed by atoms with Gasteiger partial charge in [-0.15, -0.1) is 10.2 Å². The summed E-state index contributed by atoms with van der Waals surface area (Å²) in [4.78, 5) is 7.98. The maximum absolute atomic E-state index is 8.89. The first-order valence-corrected chi connectivity index (χ1v) is 4.97. The quantitative estimate of drug-likeness (QED) is 0.308. The van der Waals surface area contributed by atoms with E-state index in [1.54, 1.807) is 0 Å². The fourth-order valence-electron chi connectivity index (χ4n) is 1.34. The number of nitrogens with zero attached hydrogens (tertiary/aromatic N) is 5. The Labute approximate surface area is 101 Å². The smallest absolute Gasteiger partial charge is 0.262 e. The third-order valence-electron chi connectivity index (χ3n) is 1.99. The predicted octanol–water partition coefficient (Wildman–Crippen LogP) is -2.40. The molecule has 0 unspecified atom stereocenters. The molecule has 0 atom stereocenters. The lowest BCUT2D eigenvalue weighted by atomic mass is 10.7. The van der Waals surface area contributed by atoms with E-state index in [1.165, 1.54) is 4.40 Å². The van der Waals surface area contributed by atoms with Gasteiger partial charge in [-0.25, -0.2) is 4.40 Å². The molecule has 0 amide bonds. The van der Waals surface area contributed by atoms with Gasteiger partial charge >= 0.3 is 0 Å². The SMILES string of the molecule is OCNc1nc(NCO)n2c(NCO)nnc2n1. The minimum absolute atomic E-state index is 0.129. The Morgan fingerprint density at radius 3 is 2.17 bits per heavy atom. The summed E-state index contributed by atoms with van der Waals surface area (Å²) in [7, 11) is 0. The monoisotopic (exact) mass is 256 g/mol. The second-order valence-corrected chi connectivity index (χ2v) is 3.03. The summed E-state index contributed by atoms with van der Waals surface area (Å²) in [5.74, 6) is 0.746. The van der Waals surface area contributed by atoms with Crippen LogP contribution in [0.4, 0.5) is 17.8 Å². The van der Waals surface area contributed by atoms with Gasteiger partial charge in [0.15, 0.2) is 0 Å². The molecule has 11 heteroatoms. The van der Waals surface area contributed by atoms with Gasteiger partial charge in [-0.3, -0.25) is 0 Å². The van der Waals surface area contributed by atoms with Crippen molar-refractivity contribution in [2.45, 2.75) is 0 Å². The average Bonchev–Trinajstić information content (AvgIpc) is 2.74. The number of aliphatic hydroxyl groups is 3. The fraction of sp³-hybridized carbons (Fsp3) is 0.429. The van der Waals surface area contributed by atoms with Crippen molar-refractivity contribution in [3.05, 3.63) is 0 Å². The van der Waals surface area contributed by atoms with E-state index in [0.29, 0.717) is 0 Å². The summed E-state index contributed by atoms with van der Waals surface area (Å²) in [5.41, 5.74) is 0. The fourth-order valence-corrected chi connectivity index (χ4v) is 1.34. The minimum Gasteiger partial charge on any atom is -0.376 e. The van der Waals surface area contributed by atoms with Gasteiger partial charge in [0.25, 0.3) is 5.78 Å². The molecule has 0 aromatic carbocycles. The Hall–Kier alpha value is -2.24. The molecular weight excluding hydrogens is 244 g/mol. The highest BCUT2D eigenvalue weighted by atomic mass is 16.3. The van der Waals surface area contributed by atoms with Crippen molar-refractivity contribution < 1.29 is 15.3 Å². The first kappa shape index (κ1) is 12.2. The van der Waals surface area contributed by atoms with Crippen LogP contribution in [0, 0.1) is 0 Å². The van der Waals surface area contributed by atoms with E-state index in [-0.39, 0.29) is 43.8 Å². The van der Waals surface area contributed by atoms with Gasteiger partial charge in [-0.2, -0.15) is 9.97 Å². The summed E-state index contributed by atoms with van der Waals surface area (Å²) >= 11 is 0. The van der Waals surface area contributed by atoms with Gasteiger partial charge in [-0.1, -0.05) is 0 Å².